The Hall–Kier alpha value is -1.24. The molecule has 0 aromatic rings. The number of carbonyl (C=O) groups is 2. The van der Waals surface area contributed by atoms with E-state index in [1.54, 1.807) is 0 Å². The van der Waals surface area contributed by atoms with E-state index in [1.807, 2.05) is 0 Å². The summed E-state index contributed by atoms with van der Waals surface area (Å²) in [5.41, 5.74) is 0. The summed E-state index contributed by atoms with van der Waals surface area (Å²) in [4.78, 5) is 22.4. The van der Waals surface area contributed by atoms with Gasteiger partial charge >= 0.3 is 11.9 Å². The first kappa shape index (κ1) is 13.8. The van der Waals surface area contributed by atoms with E-state index in [4.69, 9.17) is 18.9 Å². The monoisotopic (exact) mass is 308 g/mol. The second-order valence-electron chi connectivity index (χ2n) is 3.23. The highest BCUT2D eigenvalue weighted by Crippen LogP contribution is 2.28. The van der Waals surface area contributed by atoms with E-state index in [2.05, 4.69) is 15.9 Å². The number of alkyl halides is 1. The van der Waals surface area contributed by atoms with Gasteiger partial charge < -0.3 is 18.9 Å². The third-order valence-corrected chi connectivity index (χ3v) is 2.77. The van der Waals surface area contributed by atoms with Crippen LogP contribution < -0.4 is 0 Å². The summed E-state index contributed by atoms with van der Waals surface area (Å²) >= 11 is 3.19. The Bertz CT molecular complexity index is 351. The maximum atomic E-state index is 11.5. The zero-order chi connectivity index (χ0) is 13.0. The fourth-order valence-corrected chi connectivity index (χ4v) is 1.95. The quantitative estimate of drug-likeness (QED) is 0.551. The van der Waals surface area contributed by atoms with Gasteiger partial charge in [-0.1, -0.05) is 15.9 Å². The Labute approximate surface area is 107 Å². The van der Waals surface area contributed by atoms with E-state index in [9.17, 15) is 9.59 Å². The van der Waals surface area contributed by atoms with Crippen LogP contribution in [0, 0.1) is 0 Å². The highest BCUT2D eigenvalue weighted by Gasteiger charge is 2.42. The molecule has 7 heteroatoms. The highest BCUT2D eigenvalue weighted by atomic mass is 79.9. The van der Waals surface area contributed by atoms with Crippen molar-refractivity contribution in [3.8, 4) is 0 Å². The molecule has 0 aliphatic carbocycles. The zero-order valence-corrected chi connectivity index (χ0v) is 11.3. The molecule has 1 aliphatic rings. The molecule has 2 unspecified atom stereocenters. The smallest absolute Gasteiger partial charge is 0.378 e. The van der Waals surface area contributed by atoms with Crippen LogP contribution >= 0.6 is 15.9 Å². The lowest BCUT2D eigenvalue weighted by Crippen LogP contribution is -2.34. The first-order chi connectivity index (χ1) is 8.04. The van der Waals surface area contributed by atoms with Crippen molar-refractivity contribution in [1.29, 1.82) is 0 Å². The molecule has 0 saturated carbocycles. The molecule has 0 aromatic carbocycles. The van der Waals surface area contributed by atoms with E-state index >= 15 is 0 Å². The van der Waals surface area contributed by atoms with Gasteiger partial charge in [0.2, 0.25) is 11.9 Å². The van der Waals surface area contributed by atoms with Crippen LogP contribution in [-0.2, 0) is 28.5 Å². The molecule has 96 valence electrons. The van der Waals surface area contributed by atoms with Gasteiger partial charge in [0, 0.05) is 12.3 Å². The molecule has 0 spiro atoms. The van der Waals surface area contributed by atoms with E-state index < -0.39 is 24.1 Å². The number of ether oxygens (including phenoxy) is 4. The van der Waals surface area contributed by atoms with Gasteiger partial charge in [-0.05, 0) is 0 Å². The lowest BCUT2D eigenvalue weighted by Gasteiger charge is -2.21. The largest absolute Gasteiger partial charge is 0.493 e. The van der Waals surface area contributed by atoms with Gasteiger partial charge in [0.15, 0.2) is 11.9 Å². The molecule has 17 heavy (non-hydrogen) atoms. The Kier molecular flexibility index (Phi) is 4.80. The normalized spacial score (nSPS) is 20.9. The number of halogens is 1. The van der Waals surface area contributed by atoms with Crippen LogP contribution in [-0.4, -0.2) is 43.7 Å². The summed E-state index contributed by atoms with van der Waals surface area (Å²) in [7, 11) is 2.73. The van der Waals surface area contributed by atoms with Gasteiger partial charge in [-0.2, -0.15) is 0 Å². The molecule has 0 N–H and O–H groups in total. The number of carbonyl (C=O) groups excluding carboxylic acids is 2. The Morgan fingerprint density at radius 1 is 1.47 bits per heavy atom. The lowest BCUT2D eigenvalue weighted by molar-refractivity contribution is -0.159. The maximum Gasteiger partial charge on any atom is 0.378 e. The predicted molar refractivity (Wildman–Crippen MR) is 60.3 cm³/mol. The van der Waals surface area contributed by atoms with Crippen LogP contribution in [0.2, 0.25) is 0 Å². The standard InChI is InChI=1S/C10H13BrO6/c1-5(12)16-6(4-11)7-8(14-2)9(15-3)10(13)17-7/h6-7H,4H2,1-3H3. The summed E-state index contributed by atoms with van der Waals surface area (Å²) in [5.74, 6) is -0.877. The fraction of sp³-hybridized carbons (Fsp3) is 0.600. The number of hydrogen-bond donors (Lipinski definition) is 0. The predicted octanol–water partition coefficient (Wildman–Crippen LogP) is 0.743. The van der Waals surface area contributed by atoms with E-state index in [-0.39, 0.29) is 11.5 Å². The van der Waals surface area contributed by atoms with Gasteiger partial charge in [-0.15, -0.1) is 0 Å². The van der Waals surface area contributed by atoms with E-state index in [0.717, 1.165) is 0 Å². The van der Waals surface area contributed by atoms with Crippen LogP contribution in [0.25, 0.3) is 0 Å². The summed E-state index contributed by atoms with van der Waals surface area (Å²) < 4.78 is 20.0. The van der Waals surface area contributed by atoms with Gasteiger partial charge in [-0.3, -0.25) is 4.79 Å². The highest BCUT2D eigenvalue weighted by molar-refractivity contribution is 9.09. The van der Waals surface area contributed by atoms with Crippen molar-refractivity contribution in [3.63, 3.8) is 0 Å². The molecule has 6 nitrogen and oxygen atoms in total. The molecule has 0 radical (unpaired) electrons. The van der Waals surface area contributed by atoms with Crippen LogP contribution in [0.15, 0.2) is 11.5 Å². The average molecular weight is 309 g/mol. The minimum atomic E-state index is -0.786. The van der Waals surface area contributed by atoms with Gasteiger partial charge in [-0.25, -0.2) is 4.79 Å². The number of esters is 2. The van der Waals surface area contributed by atoms with Crippen molar-refractivity contribution < 1.29 is 28.5 Å². The topological polar surface area (TPSA) is 71.1 Å². The van der Waals surface area contributed by atoms with Crippen LogP contribution in [0.1, 0.15) is 6.92 Å². The van der Waals surface area contributed by atoms with Crippen molar-refractivity contribution in [2.75, 3.05) is 19.5 Å². The van der Waals surface area contributed by atoms with Gasteiger partial charge in [0.05, 0.1) is 14.2 Å². The Balaban J connectivity index is 2.94. The third-order valence-electron chi connectivity index (χ3n) is 2.13. The van der Waals surface area contributed by atoms with Gasteiger partial charge in [0.25, 0.3) is 0 Å². The number of cyclic esters (lactones) is 1. The van der Waals surface area contributed by atoms with Crippen LogP contribution in [0.4, 0.5) is 0 Å². The molecule has 2 atom stereocenters. The average Bonchev–Trinajstić information content (AvgIpc) is 2.61. The van der Waals surface area contributed by atoms with Crippen LogP contribution in [0.5, 0.6) is 0 Å². The van der Waals surface area contributed by atoms with E-state index in [1.165, 1.54) is 21.1 Å². The lowest BCUT2D eigenvalue weighted by atomic mass is 10.2. The molecule has 0 amide bonds. The van der Waals surface area contributed by atoms with Crippen molar-refractivity contribution >= 4 is 27.9 Å². The molecule has 0 fully saturated rings. The number of hydrogen-bond acceptors (Lipinski definition) is 6. The minimum Gasteiger partial charge on any atom is -0.493 e. The molecule has 1 rings (SSSR count). The van der Waals surface area contributed by atoms with Crippen molar-refractivity contribution in [3.05, 3.63) is 11.5 Å². The third kappa shape index (κ3) is 2.91. The first-order valence-electron chi connectivity index (χ1n) is 4.81. The summed E-state index contributed by atoms with van der Waals surface area (Å²) in [6.45, 7) is 1.28. The molecular weight excluding hydrogens is 296 g/mol. The van der Waals surface area contributed by atoms with Crippen molar-refractivity contribution in [2.45, 2.75) is 19.1 Å². The number of rotatable bonds is 5. The molecule has 1 heterocycles. The molecule has 0 bridgehead atoms. The molecule has 0 aromatic heterocycles. The Morgan fingerprint density at radius 3 is 2.53 bits per heavy atom. The summed E-state index contributed by atoms with van der Waals surface area (Å²) in [5, 5.41) is 0.314. The minimum absolute atomic E-state index is 0.00407. The molecule has 1 aliphatic heterocycles. The maximum absolute atomic E-state index is 11.5. The molecule has 0 saturated heterocycles. The summed E-state index contributed by atoms with van der Waals surface area (Å²) in [6.07, 6.45) is -1.44. The second kappa shape index (κ2) is 5.90. The second-order valence-corrected chi connectivity index (χ2v) is 3.88. The van der Waals surface area contributed by atoms with Crippen molar-refractivity contribution in [1.82, 2.24) is 0 Å². The van der Waals surface area contributed by atoms with Crippen LogP contribution in [0.3, 0.4) is 0 Å². The first-order valence-corrected chi connectivity index (χ1v) is 5.93. The number of methoxy groups -OCH3 is 2. The zero-order valence-electron chi connectivity index (χ0n) is 9.69. The van der Waals surface area contributed by atoms with Crippen molar-refractivity contribution in [2.24, 2.45) is 0 Å². The Morgan fingerprint density at radius 2 is 2.12 bits per heavy atom. The molecular formula is C10H13BrO6. The SMILES string of the molecule is COC1=C(OC)C(C(CBr)OC(C)=O)OC1=O. The summed E-state index contributed by atoms with van der Waals surface area (Å²) in [6, 6.07) is 0. The van der Waals surface area contributed by atoms with Gasteiger partial charge in [0.1, 0.15) is 0 Å². The van der Waals surface area contributed by atoms with E-state index in [0.29, 0.717) is 5.33 Å². The fourth-order valence-electron chi connectivity index (χ4n) is 1.48.